The van der Waals surface area contributed by atoms with Crippen molar-refractivity contribution in [3.05, 3.63) is 76.5 Å². The lowest BCUT2D eigenvalue weighted by Gasteiger charge is -2.70. The van der Waals surface area contributed by atoms with Crippen molar-refractivity contribution >= 4 is 22.9 Å². The second-order valence-electron chi connectivity index (χ2n) is 9.70. The van der Waals surface area contributed by atoms with Crippen LogP contribution in [-0.2, 0) is 11.2 Å². The molecule has 2 aromatic carbocycles. The fourth-order valence-corrected chi connectivity index (χ4v) is 6.36. The van der Waals surface area contributed by atoms with E-state index in [0.717, 1.165) is 59.8 Å². The topological polar surface area (TPSA) is 56.3 Å². The Morgan fingerprint density at radius 2 is 1.88 bits per heavy atom. The van der Waals surface area contributed by atoms with E-state index in [2.05, 4.69) is 22.9 Å². The van der Waals surface area contributed by atoms with Gasteiger partial charge in [0, 0.05) is 39.8 Å². The van der Waals surface area contributed by atoms with E-state index < -0.39 is 23.6 Å². The fraction of sp³-hybridized carbons (Fsp3) is 0.346. The molecule has 0 spiro atoms. The lowest BCUT2D eigenvalue weighted by molar-refractivity contribution is -0.174. The molecule has 1 unspecified atom stereocenters. The van der Waals surface area contributed by atoms with E-state index in [1.54, 1.807) is 0 Å². The first-order valence-corrected chi connectivity index (χ1v) is 11.1. The molecule has 2 atom stereocenters. The van der Waals surface area contributed by atoms with Crippen LogP contribution in [0.15, 0.2) is 42.5 Å². The Hall–Kier alpha value is -2.99. The third-order valence-corrected chi connectivity index (χ3v) is 7.72. The molecule has 0 saturated heterocycles. The van der Waals surface area contributed by atoms with E-state index in [-0.39, 0.29) is 22.7 Å². The zero-order valence-electron chi connectivity index (χ0n) is 17.7. The second-order valence-corrected chi connectivity index (χ2v) is 9.70. The number of carbonyl (C=O) groups is 1. The average molecular weight is 434 g/mol. The van der Waals surface area contributed by atoms with E-state index >= 15 is 8.78 Å². The standard InChI is InChI=1S/C26H24F2N2O2/c1-14-8-18-17-4-2-3-5-21(17)29-24(18)25(30(14)26-11-16(12-26)13-26)23-19(27)9-15(10-20(23)28)6-7-22(31)32/h2-7,9-10,14,16,25,29H,8,11-13H2,1H3,(H,31,32)/b7-6+/t14-,16?,25?,26?/m1/s1. The quantitative estimate of drug-likeness (QED) is 0.538. The molecule has 1 aliphatic heterocycles. The van der Waals surface area contributed by atoms with Crippen LogP contribution in [-0.4, -0.2) is 32.5 Å². The summed E-state index contributed by atoms with van der Waals surface area (Å²) in [5, 5.41) is 9.97. The maximum atomic E-state index is 15.5. The first kappa shape index (κ1) is 19.7. The summed E-state index contributed by atoms with van der Waals surface area (Å²) >= 11 is 0. The Labute approximate surface area is 184 Å². The van der Waals surface area contributed by atoms with Crippen LogP contribution >= 0.6 is 0 Å². The summed E-state index contributed by atoms with van der Waals surface area (Å²) in [5.41, 5.74) is 3.25. The molecule has 1 aromatic heterocycles. The minimum atomic E-state index is -1.16. The number of para-hydroxylation sites is 1. The summed E-state index contributed by atoms with van der Waals surface area (Å²) in [6.45, 7) is 2.16. The number of nitrogens with zero attached hydrogens (tertiary/aromatic N) is 1. The number of H-pyrrole nitrogens is 1. The van der Waals surface area contributed by atoms with Crippen LogP contribution in [0.3, 0.4) is 0 Å². The number of aliphatic carboxylic acids is 1. The number of hydrogen-bond donors (Lipinski definition) is 2. The molecule has 3 fully saturated rings. The lowest BCUT2D eigenvalue weighted by atomic mass is 9.48. The van der Waals surface area contributed by atoms with E-state index in [0.29, 0.717) is 0 Å². The number of halogens is 2. The minimum Gasteiger partial charge on any atom is -0.478 e. The molecule has 3 aromatic rings. The average Bonchev–Trinajstić information content (AvgIpc) is 3.04. The Balaban J connectivity index is 1.54. The molecule has 2 bridgehead atoms. The van der Waals surface area contributed by atoms with Crippen LogP contribution in [0.4, 0.5) is 8.78 Å². The number of benzene rings is 2. The molecule has 4 aliphatic rings. The van der Waals surface area contributed by atoms with Crippen molar-refractivity contribution in [3.8, 4) is 0 Å². The number of hydrogen-bond acceptors (Lipinski definition) is 2. The molecule has 0 radical (unpaired) electrons. The van der Waals surface area contributed by atoms with Crippen LogP contribution in [0.25, 0.3) is 17.0 Å². The summed E-state index contributed by atoms with van der Waals surface area (Å²) in [7, 11) is 0. The lowest BCUT2D eigenvalue weighted by Crippen LogP contribution is -2.71. The molecular formula is C26H24F2N2O2. The highest BCUT2D eigenvalue weighted by Gasteiger charge is 2.63. The van der Waals surface area contributed by atoms with Gasteiger partial charge in [-0.15, -0.1) is 0 Å². The Kier molecular flexibility index (Phi) is 4.15. The number of aromatic nitrogens is 1. The van der Waals surface area contributed by atoms with Crippen LogP contribution in [0.1, 0.15) is 54.6 Å². The zero-order chi connectivity index (χ0) is 22.2. The molecule has 164 valence electrons. The Morgan fingerprint density at radius 1 is 1.19 bits per heavy atom. The van der Waals surface area contributed by atoms with Crippen LogP contribution in [0.5, 0.6) is 0 Å². The third-order valence-electron chi connectivity index (χ3n) is 7.72. The molecule has 4 nitrogen and oxygen atoms in total. The van der Waals surface area contributed by atoms with Crippen molar-refractivity contribution in [1.82, 2.24) is 9.88 Å². The van der Waals surface area contributed by atoms with E-state index in [4.69, 9.17) is 5.11 Å². The van der Waals surface area contributed by atoms with Crippen LogP contribution in [0.2, 0.25) is 0 Å². The van der Waals surface area contributed by atoms with Crippen molar-refractivity contribution in [2.24, 2.45) is 5.92 Å². The van der Waals surface area contributed by atoms with Crippen molar-refractivity contribution < 1.29 is 18.7 Å². The predicted molar refractivity (Wildman–Crippen MR) is 118 cm³/mol. The molecule has 3 aliphatic carbocycles. The highest BCUT2D eigenvalue weighted by atomic mass is 19.1. The Morgan fingerprint density at radius 3 is 2.50 bits per heavy atom. The van der Waals surface area contributed by atoms with Gasteiger partial charge in [-0.1, -0.05) is 18.2 Å². The van der Waals surface area contributed by atoms with Gasteiger partial charge in [-0.25, -0.2) is 13.6 Å². The SMILES string of the molecule is C[C@@H]1Cc2c([nH]c3ccccc23)C(c2c(F)cc(/C=C/C(=O)O)cc2F)N1C12CC(C1)C2. The predicted octanol–water partition coefficient (Wildman–Crippen LogP) is 5.43. The van der Waals surface area contributed by atoms with Crippen molar-refractivity contribution in [2.75, 3.05) is 0 Å². The van der Waals surface area contributed by atoms with E-state index in [1.807, 2.05) is 18.2 Å². The largest absolute Gasteiger partial charge is 0.478 e. The summed E-state index contributed by atoms with van der Waals surface area (Å²) in [6, 6.07) is 10.1. The highest BCUT2D eigenvalue weighted by molar-refractivity contribution is 5.86. The molecule has 7 rings (SSSR count). The first-order valence-electron chi connectivity index (χ1n) is 11.1. The van der Waals surface area contributed by atoms with Crippen molar-refractivity contribution in [3.63, 3.8) is 0 Å². The smallest absolute Gasteiger partial charge is 0.328 e. The highest BCUT2D eigenvalue weighted by Crippen LogP contribution is 2.64. The second kappa shape index (κ2) is 6.75. The van der Waals surface area contributed by atoms with E-state index in [1.165, 1.54) is 18.2 Å². The number of rotatable bonds is 4. The number of nitrogens with one attached hydrogen (secondary N) is 1. The molecule has 6 heteroatoms. The summed E-state index contributed by atoms with van der Waals surface area (Å²) in [6.07, 6.45) is 6.21. The van der Waals surface area contributed by atoms with Crippen LogP contribution < -0.4 is 0 Å². The molecule has 3 saturated carbocycles. The monoisotopic (exact) mass is 434 g/mol. The van der Waals surface area contributed by atoms with Crippen molar-refractivity contribution in [1.29, 1.82) is 0 Å². The van der Waals surface area contributed by atoms with Gasteiger partial charge in [-0.05, 0) is 73.9 Å². The van der Waals surface area contributed by atoms with Gasteiger partial charge in [-0.2, -0.15) is 0 Å². The normalized spacial score (nSPS) is 29.0. The number of aromatic amines is 1. The molecule has 2 heterocycles. The molecule has 2 N–H and O–H groups in total. The first-order chi connectivity index (χ1) is 15.4. The van der Waals surface area contributed by atoms with Gasteiger partial charge in [0.15, 0.2) is 0 Å². The van der Waals surface area contributed by atoms with Gasteiger partial charge in [0.25, 0.3) is 0 Å². The van der Waals surface area contributed by atoms with Gasteiger partial charge < -0.3 is 10.1 Å². The maximum absolute atomic E-state index is 15.5. The summed E-state index contributed by atoms with van der Waals surface area (Å²) in [4.78, 5) is 16.7. The van der Waals surface area contributed by atoms with Gasteiger partial charge in [-0.3, -0.25) is 4.90 Å². The van der Waals surface area contributed by atoms with Crippen LogP contribution in [0, 0.1) is 17.6 Å². The number of fused-ring (bicyclic) bond motifs is 3. The molecule has 32 heavy (non-hydrogen) atoms. The zero-order valence-corrected chi connectivity index (χ0v) is 17.7. The Bertz CT molecular complexity index is 1250. The maximum Gasteiger partial charge on any atom is 0.328 e. The number of carboxylic acid groups (broad SMARTS) is 1. The van der Waals surface area contributed by atoms with Gasteiger partial charge in [0.1, 0.15) is 11.6 Å². The van der Waals surface area contributed by atoms with Gasteiger partial charge in [0.05, 0.1) is 6.04 Å². The molecular weight excluding hydrogens is 410 g/mol. The summed E-state index contributed by atoms with van der Waals surface area (Å²) < 4.78 is 31.1. The third kappa shape index (κ3) is 2.72. The van der Waals surface area contributed by atoms with E-state index in [9.17, 15) is 4.79 Å². The molecule has 0 amide bonds. The van der Waals surface area contributed by atoms with Crippen molar-refractivity contribution in [2.45, 2.75) is 50.2 Å². The summed E-state index contributed by atoms with van der Waals surface area (Å²) in [5.74, 6) is -1.70. The fourth-order valence-electron chi connectivity index (χ4n) is 6.36. The number of carboxylic acids is 1. The minimum absolute atomic E-state index is 0.0183. The van der Waals surface area contributed by atoms with Gasteiger partial charge in [0.2, 0.25) is 0 Å². The van der Waals surface area contributed by atoms with Gasteiger partial charge >= 0.3 is 5.97 Å².